The Balaban J connectivity index is 2.00. The van der Waals surface area contributed by atoms with Gasteiger partial charge < -0.3 is 4.74 Å². The van der Waals surface area contributed by atoms with Gasteiger partial charge in [0.25, 0.3) is 0 Å². The Bertz CT molecular complexity index is 327. The minimum Gasteiger partial charge on any atom is -0.379 e. The van der Waals surface area contributed by atoms with Crippen LogP contribution in [0.4, 0.5) is 0 Å². The molecule has 1 aromatic rings. The van der Waals surface area contributed by atoms with E-state index in [2.05, 4.69) is 43.0 Å². The molecule has 0 spiro atoms. The van der Waals surface area contributed by atoms with E-state index in [0.29, 0.717) is 6.04 Å². The number of aryl methyl sites for hydroxylation is 1. The summed E-state index contributed by atoms with van der Waals surface area (Å²) in [5.41, 5.74) is 2.87. The van der Waals surface area contributed by atoms with Crippen molar-refractivity contribution in [3.63, 3.8) is 0 Å². The van der Waals surface area contributed by atoms with Gasteiger partial charge in [0.2, 0.25) is 0 Å². The van der Waals surface area contributed by atoms with E-state index in [1.54, 1.807) is 0 Å². The maximum absolute atomic E-state index is 5.40. The first kappa shape index (κ1) is 12.6. The molecule has 1 heterocycles. The lowest BCUT2D eigenvalue weighted by Crippen LogP contribution is -2.37. The van der Waals surface area contributed by atoms with Gasteiger partial charge in [0.15, 0.2) is 0 Å². The van der Waals surface area contributed by atoms with E-state index in [4.69, 9.17) is 4.74 Å². The third kappa shape index (κ3) is 3.30. The molecule has 2 heteroatoms. The van der Waals surface area contributed by atoms with Gasteiger partial charge in [-0.15, -0.1) is 0 Å². The predicted octanol–water partition coefficient (Wildman–Crippen LogP) is 3.03. The Labute approximate surface area is 105 Å². The van der Waals surface area contributed by atoms with Crippen molar-refractivity contribution in [2.45, 2.75) is 32.7 Å². The van der Waals surface area contributed by atoms with Crippen molar-refractivity contribution >= 4 is 0 Å². The van der Waals surface area contributed by atoms with Crippen LogP contribution in [0.1, 0.15) is 37.4 Å². The number of rotatable bonds is 4. The zero-order valence-electron chi connectivity index (χ0n) is 11.0. The summed E-state index contributed by atoms with van der Waals surface area (Å²) in [7, 11) is 0. The summed E-state index contributed by atoms with van der Waals surface area (Å²) in [5.74, 6) is 0. The fraction of sp³-hybridized carbons (Fsp3) is 0.600. The summed E-state index contributed by atoms with van der Waals surface area (Å²) in [6.07, 6.45) is 2.41. The summed E-state index contributed by atoms with van der Waals surface area (Å²) in [6, 6.07) is 9.62. The van der Waals surface area contributed by atoms with Gasteiger partial charge in [-0.05, 0) is 24.5 Å². The van der Waals surface area contributed by atoms with E-state index in [-0.39, 0.29) is 0 Å². The Morgan fingerprint density at radius 1 is 1.18 bits per heavy atom. The summed E-state index contributed by atoms with van der Waals surface area (Å²) in [6.45, 7) is 8.37. The SMILES string of the molecule is CCCc1ccc(C(C)N2CCOCC2)cc1. The van der Waals surface area contributed by atoms with Gasteiger partial charge >= 0.3 is 0 Å². The topological polar surface area (TPSA) is 12.5 Å². The fourth-order valence-electron chi connectivity index (χ4n) is 2.43. The molecular weight excluding hydrogens is 210 g/mol. The van der Waals surface area contributed by atoms with Crippen LogP contribution in [-0.2, 0) is 11.2 Å². The van der Waals surface area contributed by atoms with Crippen molar-refractivity contribution in [3.05, 3.63) is 35.4 Å². The van der Waals surface area contributed by atoms with Gasteiger partial charge in [-0.3, -0.25) is 4.90 Å². The minimum atomic E-state index is 0.509. The van der Waals surface area contributed by atoms with Crippen molar-refractivity contribution in [1.29, 1.82) is 0 Å². The number of ether oxygens (including phenoxy) is 1. The van der Waals surface area contributed by atoms with Gasteiger partial charge in [-0.1, -0.05) is 37.6 Å². The van der Waals surface area contributed by atoms with E-state index >= 15 is 0 Å². The number of hydrogen-bond acceptors (Lipinski definition) is 2. The van der Waals surface area contributed by atoms with Crippen LogP contribution in [-0.4, -0.2) is 31.2 Å². The molecule has 0 N–H and O–H groups in total. The second-order valence-electron chi connectivity index (χ2n) is 4.82. The molecule has 1 fully saturated rings. The standard InChI is InChI=1S/C15H23NO/c1-3-4-14-5-7-15(8-6-14)13(2)16-9-11-17-12-10-16/h5-8,13H,3-4,9-12H2,1-2H3. The molecule has 2 nitrogen and oxygen atoms in total. The third-order valence-corrected chi connectivity index (χ3v) is 3.59. The zero-order valence-corrected chi connectivity index (χ0v) is 11.0. The first-order valence-corrected chi connectivity index (χ1v) is 6.72. The normalized spacial score (nSPS) is 19.2. The number of nitrogens with zero attached hydrogens (tertiary/aromatic N) is 1. The molecule has 0 bridgehead atoms. The number of morpholine rings is 1. The molecule has 1 atom stereocenters. The van der Waals surface area contributed by atoms with Gasteiger partial charge in [-0.25, -0.2) is 0 Å². The second-order valence-corrected chi connectivity index (χ2v) is 4.82. The summed E-state index contributed by atoms with van der Waals surface area (Å²) in [4.78, 5) is 2.50. The largest absolute Gasteiger partial charge is 0.379 e. The smallest absolute Gasteiger partial charge is 0.0594 e. The predicted molar refractivity (Wildman–Crippen MR) is 71.2 cm³/mol. The molecule has 1 aromatic carbocycles. The lowest BCUT2D eigenvalue weighted by molar-refractivity contribution is 0.0198. The van der Waals surface area contributed by atoms with Crippen LogP contribution in [0.25, 0.3) is 0 Å². The van der Waals surface area contributed by atoms with Crippen LogP contribution in [0.3, 0.4) is 0 Å². The van der Waals surface area contributed by atoms with E-state index in [0.717, 1.165) is 26.3 Å². The summed E-state index contributed by atoms with van der Waals surface area (Å²) >= 11 is 0. The highest BCUT2D eigenvalue weighted by Crippen LogP contribution is 2.21. The van der Waals surface area contributed by atoms with Crippen molar-refractivity contribution in [2.75, 3.05) is 26.3 Å². The highest BCUT2D eigenvalue weighted by atomic mass is 16.5. The van der Waals surface area contributed by atoms with Crippen molar-refractivity contribution in [3.8, 4) is 0 Å². The Morgan fingerprint density at radius 2 is 1.82 bits per heavy atom. The number of hydrogen-bond donors (Lipinski definition) is 0. The second kappa shape index (κ2) is 6.18. The van der Waals surface area contributed by atoms with Crippen molar-refractivity contribution in [1.82, 2.24) is 4.90 Å². The molecule has 0 aliphatic carbocycles. The molecule has 0 aromatic heterocycles. The van der Waals surface area contributed by atoms with E-state index in [9.17, 15) is 0 Å². The number of benzene rings is 1. The lowest BCUT2D eigenvalue weighted by Gasteiger charge is -2.32. The molecule has 2 rings (SSSR count). The molecule has 0 radical (unpaired) electrons. The van der Waals surface area contributed by atoms with Crippen LogP contribution in [0.2, 0.25) is 0 Å². The van der Waals surface area contributed by atoms with Crippen molar-refractivity contribution in [2.24, 2.45) is 0 Å². The van der Waals surface area contributed by atoms with Crippen LogP contribution in [0, 0.1) is 0 Å². The molecule has 1 unspecified atom stereocenters. The van der Waals surface area contributed by atoms with E-state index < -0.39 is 0 Å². The van der Waals surface area contributed by atoms with Gasteiger partial charge in [-0.2, -0.15) is 0 Å². The van der Waals surface area contributed by atoms with Crippen molar-refractivity contribution < 1.29 is 4.74 Å². The Hall–Kier alpha value is -0.860. The summed E-state index contributed by atoms with van der Waals surface area (Å²) in [5, 5.41) is 0. The van der Waals surface area contributed by atoms with Gasteiger partial charge in [0.05, 0.1) is 13.2 Å². The third-order valence-electron chi connectivity index (χ3n) is 3.59. The summed E-state index contributed by atoms with van der Waals surface area (Å²) < 4.78 is 5.40. The maximum atomic E-state index is 5.40. The Morgan fingerprint density at radius 3 is 2.41 bits per heavy atom. The van der Waals surface area contributed by atoms with Crippen LogP contribution >= 0.6 is 0 Å². The monoisotopic (exact) mass is 233 g/mol. The van der Waals surface area contributed by atoms with Crippen LogP contribution < -0.4 is 0 Å². The molecule has 94 valence electrons. The average Bonchev–Trinajstić information content (AvgIpc) is 2.40. The first-order valence-electron chi connectivity index (χ1n) is 6.72. The Kier molecular flexibility index (Phi) is 4.57. The molecule has 0 amide bonds. The fourth-order valence-corrected chi connectivity index (χ4v) is 2.43. The minimum absolute atomic E-state index is 0.509. The highest BCUT2D eigenvalue weighted by Gasteiger charge is 2.17. The van der Waals surface area contributed by atoms with E-state index in [1.807, 2.05) is 0 Å². The van der Waals surface area contributed by atoms with Gasteiger partial charge in [0, 0.05) is 19.1 Å². The molecule has 1 aliphatic heterocycles. The molecular formula is C15H23NO. The maximum Gasteiger partial charge on any atom is 0.0594 e. The molecule has 0 saturated carbocycles. The van der Waals surface area contributed by atoms with Crippen LogP contribution in [0.5, 0.6) is 0 Å². The van der Waals surface area contributed by atoms with Gasteiger partial charge in [0.1, 0.15) is 0 Å². The van der Waals surface area contributed by atoms with E-state index in [1.165, 1.54) is 24.0 Å². The molecule has 1 aliphatic rings. The molecule has 17 heavy (non-hydrogen) atoms. The average molecular weight is 233 g/mol. The quantitative estimate of drug-likeness (QED) is 0.792. The van der Waals surface area contributed by atoms with Crippen LogP contribution in [0.15, 0.2) is 24.3 Å². The molecule has 1 saturated heterocycles. The lowest BCUT2D eigenvalue weighted by atomic mass is 10.0. The zero-order chi connectivity index (χ0) is 12.1. The first-order chi connectivity index (χ1) is 8.31. The highest BCUT2D eigenvalue weighted by molar-refractivity contribution is 5.25.